The van der Waals surface area contributed by atoms with Gasteiger partial charge in [0.25, 0.3) is 0 Å². The van der Waals surface area contributed by atoms with Gasteiger partial charge in [-0.3, -0.25) is 4.99 Å². The molecular weight excluding hydrogens is 268 g/mol. The number of ether oxygens (including phenoxy) is 2. The molecule has 0 amide bonds. The lowest BCUT2D eigenvalue weighted by Crippen LogP contribution is -2.37. The zero-order valence-corrected chi connectivity index (χ0v) is 13.2. The zero-order valence-electron chi connectivity index (χ0n) is 13.2. The molecule has 6 heteroatoms. The van der Waals surface area contributed by atoms with Crippen molar-refractivity contribution in [3.05, 3.63) is 23.9 Å². The Balaban J connectivity index is 2.21. The van der Waals surface area contributed by atoms with Crippen molar-refractivity contribution in [1.82, 2.24) is 15.6 Å². The third-order valence-electron chi connectivity index (χ3n) is 2.90. The summed E-state index contributed by atoms with van der Waals surface area (Å²) in [5.74, 6) is 1.41. The van der Waals surface area contributed by atoms with Gasteiger partial charge in [0, 0.05) is 45.6 Å². The standard InChI is InChI=1S/C15H26N4O2/c1-4-21-10-6-5-9-17-15(16-2)19-12-13-7-8-14(20-3)18-11-13/h7-8,11H,4-6,9-10,12H2,1-3H3,(H2,16,17,19). The van der Waals surface area contributed by atoms with Crippen molar-refractivity contribution in [3.8, 4) is 5.88 Å². The molecule has 1 aromatic rings. The summed E-state index contributed by atoms with van der Waals surface area (Å²) in [7, 11) is 3.37. The van der Waals surface area contributed by atoms with Crippen LogP contribution in [0.2, 0.25) is 0 Å². The fraction of sp³-hybridized carbons (Fsp3) is 0.600. The van der Waals surface area contributed by atoms with Crippen molar-refractivity contribution in [2.24, 2.45) is 4.99 Å². The molecule has 0 aromatic carbocycles. The predicted molar refractivity (Wildman–Crippen MR) is 84.7 cm³/mol. The number of aromatic nitrogens is 1. The van der Waals surface area contributed by atoms with Crippen LogP contribution in [0.25, 0.3) is 0 Å². The van der Waals surface area contributed by atoms with Gasteiger partial charge in [0.2, 0.25) is 5.88 Å². The van der Waals surface area contributed by atoms with E-state index in [1.54, 1.807) is 20.4 Å². The van der Waals surface area contributed by atoms with E-state index in [4.69, 9.17) is 9.47 Å². The van der Waals surface area contributed by atoms with Crippen LogP contribution < -0.4 is 15.4 Å². The number of hydrogen-bond acceptors (Lipinski definition) is 4. The van der Waals surface area contributed by atoms with E-state index >= 15 is 0 Å². The summed E-state index contributed by atoms with van der Waals surface area (Å²) in [6.07, 6.45) is 3.91. The number of aliphatic imine (C=N–C) groups is 1. The van der Waals surface area contributed by atoms with Crippen molar-refractivity contribution < 1.29 is 9.47 Å². The first-order valence-electron chi connectivity index (χ1n) is 7.31. The topological polar surface area (TPSA) is 67.8 Å². The summed E-state index contributed by atoms with van der Waals surface area (Å²) in [6, 6.07) is 3.83. The third kappa shape index (κ3) is 7.51. The second-order valence-electron chi connectivity index (χ2n) is 4.47. The van der Waals surface area contributed by atoms with Crippen LogP contribution in [-0.4, -0.2) is 44.9 Å². The molecule has 0 radical (unpaired) electrons. The van der Waals surface area contributed by atoms with E-state index in [0.717, 1.165) is 44.1 Å². The van der Waals surface area contributed by atoms with E-state index in [1.807, 2.05) is 19.1 Å². The summed E-state index contributed by atoms with van der Waals surface area (Å²) in [5.41, 5.74) is 1.08. The van der Waals surface area contributed by atoms with Crippen molar-refractivity contribution >= 4 is 5.96 Å². The normalized spacial score (nSPS) is 11.3. The van der Waals surface area contributed by atoms with Crippen molar-refractivity contribution in [1.29, 1.82) is 0 Å². The van der Waals surface area contributed by atoms with Gasteiger partial charge in [-0.1, -0.05) is 6.07 Å². The van der Waals surface area contributed by atoms with E-state index in [0.29, 0.717) is 12.4 Å². The number of nitrogens with zero attached hydrogens (tertiary/aromatic N) is 2. The number of rotatable bonds is 9. The Labute approximate surface area is 127 Å². The maximum atomic E-state index is 5.30. The molecular formula is C15H26N4O2. The third-order valence-corrected chi connectivity index (χ3v) is 2.90. The van der Waals surface area contributed by atoms with E-state index in [-0.39, 0.29) is 0 Å². The van der Waals surface area contributed by atoms with Gasteiger partial charge in [0.1, 0.15) is 0 Å². The SMILES string of the molecule is CCOCCCCNC(=NC)NCc1ccc(OC)nc1. The number of unbranched alkanes of at least 4 members (excludes halogenated alkanes) is 1. The lowest BCUT2D eigenvalue weighted by Gasteiger charge is -2.12. The van der Waals surface area contributed by atoms with Gasteiger partial charge in [0.05, 0.1) is 7.11 Å². The van der Waals surface area contributed by atoms with Crippen molar-refractivity contribution in [2.45, 2.75) is 26.3 Å². The highest BCUT2D eigenvalue weighted by Crippen LogP contribution is 2.05. The molecule has 0 bridgehead atoms. The molecule has 6 nitrogen and oxygen atoms in total. The van der Waals surface area contributed by atoms with Crippen LogP contribution >= 0.6 is 0 Å². The van der Waals surface area contributed by atoms with Crippen LogP contribution in [0.4, 0.5) is 0 Å². The predicted octanol–water partition coefficient (Wildman–Crippen LogP) is 1.57. The minimum Gasteiger partial charge on any atom is -0.481 e. The van der Waals surface area contributed by atoms with Crippen molar-refractivity contribution in [3.63, 3.8) is 0 Å². The first-order chi connectivity index (χ1) is 10.3. The Morgan fingerprint density at radius 2 is 2.14 bits per heavy atom. The molecule has 0 unspecified atom stereocenters. The molecule has 21 heavy (non-hydrogen) atoms. The number of nitrogens with one attached hydrogen (secondary N) is 2. The Bertz CT molecular complexity index is 407. The van der Waals surface area contributed by atoms with E-state index in [1.165, 1.54) is 0 Å². The molecule has 0 aliphatic rings. The molecule has 1 rings (SSSR count). The molecule has 0 spiro atoms. The lowest BCUT2D eigenvalue weighted by molar-refractivity contribution is 0.143. The molecule has 1 aromatic heterocycles. The second-order valence-corrected chi connectivity index (χ2v) is 4.47. The maximum absolute atomic E-state index is 5.30. The highest BCUT2D eigenvalue weighted by molar-refractivity contribution is 5.79. The fourth-order valence-corrected chi connectivity index (χ4v) is 1.72. The Hall–Kier alpha value is -1.82. The van der Waals surface area contributed by atoms with Gasteiger partial charge in [0.15, 0.2) is 5.96 Å². The summed E-state index contributed by atoms with van der Waals surface area (Å²) >= 11 is 0. The highest BCUT2D eigenvalue weighted by Gasteiger charge is 1.99. The van der Waals surface area contributed by atoms with Gasteiger partial charge in [-0.2, -0.15) is 0 Å². The second kappa shape index (κ2) is 10.9. The summed E-state index contributed by atoms with van der Waals surface area (Å²) in [5, 5.41) is 6.53. The van der Waals surface area contributed by atoms with Gasteiger partial charge in [-0.05, 0) is 25.3 Å². The molecule has 1 heterocycles. The smallest absolute Gasteiger partial charge is 0.212 e. The first kappa shape index (κ1) is 17.2. The molecule has 0 saturated heterocycles. The average molecular weight is 294 g/mol. The van der Waals surface area contributed by atoms with E-state index in [2.05, 4.69) is 20.6 Å². The zero-order chi connectivity index (χ0) is 15.3. The summed E-state index contributed by atoms with van der Waals surface area (Å²) in [6.45, 7) is 5.18. The Morgan fingerprint density at radius 1 is 1.29 bits per heavy atom. The molecule has 0 aliphatic carbocycles. The fourth-order valence-electron chi connectivity index (χ4n) is 1.72. The highest BCUT2D eigenvalue weighted by atomic mass is 16.5. The van der Waals surface area contributed by atoms with Crippen LogP contribution in [0.15, 0.2) is 23.3 Å². The lowest BCUT2D eigenvalue weighted by atomic mass is 10.3. The van der Waals surface area contributed by atoms with Crippen LogP contribution in [0.1, 0.15) is 25.3 Å². The van der Waals surface area contributed by atoms with Gasteiger partial charge < -0.3 is 20.1 Å². The minimum absolute atomic E-state index is 0.621. The molecule has 0 atom stereocenters. The Morgan fingerprint density at radius 3 is 2.76 bits per heavy atom. The quantitative estimate of drug-likeness (QED) is 0.411. The largest absolute Gasteiger partial charge is 0.481 e. The van der Waals surface area contributed by atoms with E-state index in [9.17, 15) is 0 Å². The van der Waals surface area contributed by atoms with Crippen LogP contribution in [0, 0.1) is 0 Å². The Kier molecular flexibility index (Phi) is 8.95. The summed E-state index contributed by atoms with van der Waals surface area (Å²) < 4.78 is 10.3. The number of guanidine groups is 1. The molecule has 0 aliphatic heterocycles. The van der Waals surface area contributed by atoms with Crippen molar-refractivity contribution in [2.75, 3.05) is 33.9 Å². The van der Waals surface area contributed by atoms with Gasteiger partial charge in [-0.15, -0.1) is 0 Å². The molecule has 0 saturated carbocycles. The molecule has 2 N–H and O–H groups in total. The number of hydrogen-bond donors (Lipinski definition) is 2. The van der Waals surface area contributed by atoms with E-state index < -0.39 is 0 Å². The maximum Gasteiger partial charge on any atom is 0.212 e. The monoisotopic (exact) mass is 294 g/mol. The van der Waals surface area contributed by atoms with Gasteiger partial charge in [-0.25, -0.2) is 4.98 Å². The number of methoxy groups -OCH3 is 1. The minimum atomic E-state index is 0.621. The molecule has 0 fully saturated rings. The molecule has 118 valence electrons. The van der Waals surface area contributed by atoms with Crippen LogP contribution in [-0.2, 0) is 11.3 Å². The number of pyridine rings is 1. The average Bonchev–Trinajstić information content (AvgIpc) is 2.54. The van der Waals surface area contributed by atoms with Crippen LogP contribution in [0.3, 0.4) is 0 Å². The first-order valence-corrected chi connectivity index (χ1v) is 7.31. The summed E-state index contributed by atoms with van der Waals surface area (Å²) in [4.78, 5) is 8.36. The van der Waals surface area contributed by atoms with Crippen LogP contribution in [0.5, 0.6) is 5.88 Å². The van der Waals surface area contributed by atoms with Gasteiger partial charge >= 0.3 is 0 Å².